The summed E-state index contributed by atoms with van der Waals surface area (Å²) in [6.45, 7) is 5.39. The van der Waals surface area contributed by atoms with Crippen LogP contribution >= 0.6 is 0 Å². The van der Waals surface area contributed by atoms with Crippen molar-refractivity contribution >= 4 is 0 Å². The Morgan fingerprint density at radius 2 is 1.69 bits per heavy atom. The first-order valence-corrected chi connectivity index (χ1v) is 5.44. The third kappa shape index (κ3) is 2.61. The van der Waals surface area contributed by atoms with Crippen molar-refractivity contribution in [1.82, 2.24) is 0 Å². The van der Waals surface area contributed by atoms with Crippen LogP contribution in [0.4, 0.5) is 0 Å². The molecule has 3 nitrogen and oxygen atoms in total. The first-order valence-electron chi connectivity index (χ1n) is 5.44. The van der Waals surface area contributed by atoms with Gasteiger partial charge in [0, 0.05) is 0 Å². The van der Waals surface area contributed by atoms with E-state index in [0.717, 1.165) is 5.56 Å². The van der Waals surface area contributed by atoms with Crippen molar-refractivity contribution in [3.8, 4) is 0 Å². The second kappa shape index (κ2) is 4.95. The van der Waals surface area contributed by atoms with Crippen LogP contribution in [0.25, 0.3) is 0 Å². The molecule has 1 unspecified atom stereocenters. The lowest BCUT2D eigenvalue weighted by atomic mass is 9.81. The van der Waals surface area contributed by atoms with Gasteiger partial charge in [0.2, 0.25) is 0 Å². The molecule has 0 saturated carbocycles. The van der Waals surface area contributed by atoms with Crippen LogP contribution in [0.5, 0.6) is 0 Å². The molecule has 0 spiro atoms. The van der Waals surface area contributed by atoms with Crippen molar-refractivity contribution in [3.05, 3.63) is 35.9 Å². The van der Waals surface area contributed by atoms with Gasteiger partial charge in [0.25, 0.3) is 0 Å². The minimum Gasteiger partial charge on any atom is -0.394 e. The molecule has 0 aliphatic rings. The summed E-state index contributed by atoms with van der Waals surface area (Å²) in [6.07, 6.45) is 0. The molecule has 16 heavy (non-hydrogen) atoms. The second-order valence-corrected chi connectivity index (χ2v) is 4.53. The number of benzene rings is 1. The summed E-state index contributed by atoms with van der Waals surface area (Å²) in [4.78, 5) is 0. The van der Waals surface area contributed by atoms with Crippen LogP contribution in [-0.2, 0) is 10.3 Å². The third-order valence-electron chi connectivity index (χ3n) is 2.97. The smallest absolute Gasteiger partial charge is 0.118 e. The van der Waals surface area contributed by atoms with Gasteiger partial charge in [-0.15, -0.1) is 0 Å². The maximum absolute atomic E-state index is 10.2. The minimum atomic E-state index is -1.02. The zero-order chi connectivity index (χ0) is 12.2. The van der Waals surface area contributed by atoms with Crippen LogP contribution in [0, 0.1) is 0 Å². The highest BCUT2D eigenvalue weighted by atomic mass is 16.5. The van der Waals surface area contributed by atoms with E-state index < -0.39 is 11.2 Å². The van der Waals surface area contributed by atoms with E-state index in [4.69, 9.17) is 9.84 Å². The molecule has 1 aromatic carbocycles. The van der Waals surface area contributed by atoms with Crippen molar-refractivity contribution in [3.63, 3.8) is 0 Å². The molecule has 2 N–H and O–H groups in total. The van der Waals surface area contributed by atoms with Crippen LogP contribution in [0.2, 0.25) is 0 Å². The van der Waals surface area contributed by atoms with Crippen LogP contribution in [0.1, 0.15) is 26.3 Å². The van der Waals surface area contributed by atoms with Crippen LogP contribution < -0.4 is 0 Å². The first kappa shape index (κ1) is 13.2. The average Bonchev–Trinajstić information content (AvgIpc) is 2.25. The molecule has 0 aliphatic carbocycles. The largest absolute Gasteiger partial charge is 0.394 e. The molecule has 1 rings (SSSR count). The molecule has 1 aromatic rings. The van der Waals surface area contributed by atoms with Gasteiger partial charge >= 0.3 is 0 Å². The summed E-state index contributed by atoms with van der Waals surface area (Å²) in [5, 5.41) is 19.0. The van der Waals surface area contributed by atoms with Crippen molar-refractivity contribution in [2.45, 2.75) is 32.0 Å². The van der Waals surface area contributed by atoms with E-state index in [1.807, 2.05) is 37.3 Å². The molecule has 0 aromatic heterocycles. The number of hydrogen-bond acceptors (Lipinski definition) is 3. The number of ether oxygens (including phenoxy) is 1. The van der Waals surface area contributed by atoms with Gasteiger partial charge in [-0.25, -0.2) is 0 Å². The van der Waals surface area contributed by atoms with E-state index in [1.165, 1.54) is 0 Å². The first-order chi connectivity index (χ1) is 7.42. The highest BCUT2D eigenvalue weighted by Crippen LogP contribution is 2.36. The van der Waals surface area contributed by atoms with Gasteiger partial charge in [0.15, 0.2) is 0 Å². The van der Waals surface area contributed by atoms with E-state index in [9.17, 15) is 5.11 Å². The molecule has 90 valence electrons. The van der Waals surface area contributed by atoms with Crippen molar-refractivity contribution in [1.29, 1.82) is 0 Å². The van der Waals surface area contributed by atoms with Gasteiger partial charge in [0.05, 0.1) is 18.8 Å². The Morgan fingerprint density at radius 1 is 1.12 bits per heavy atom. The highest BCUT2D eigenvalue weighted by molar-refractivity contribution is 5.25. The van der Waals surface area contributed by atoms with E-state index in [-0.39, 0.29) is 13.2 Å². The Kier molecular flexibility index (Phi) is 4.08. The van der Waals surface area contributed by atoms with Crippen molar-refractivity contribution in [2.75, 3.05) is 13.2 Å². The average molecular weight is 224 g/mol. The van der Waals surface area contributed by atoms with Gasteiger partial charge in [-0.2, -0.15) is 0 Å². The fourth-order valence-corrected chi connectivity index (χ4v) is 1.62. The maximum atomic E-state index is 10.2. The summed E-state index contributed by atoms with van der Waals surface area (Å²) in [7, 11) is 0. The fourth-order valence-electron chi connectivity index (χ4n) is 1.62. The standard InChI is InChI=1S/C13H20O3/c1-12(2,15)13(3,16-10-9-14)11-7-5-4-6-8-11/h4-8,14-15H,9-10H2,1-3H3. The lowest BCUT2D eigenvalue weighted by molar-refractivity contribution is -0.169. The molecule has 0 saturated heterocycles. The van der Waals surface area contributed by atoms with Gasteiger partial charge in [-0.1, -0.05) is 30.3 Å². The predicted molar refractivity (Wildman–Crippen MR) is 63.1 cm³/mol. The van der Waals surface area contributed by atoms with Crippen molar-refractivity contribution < 1.29 is 14.9 Å². The Bertz CT molecular complexity index is 316. The Labute approximate surface area is 96.7 Å². The Balaban J connectivity index is 3.05. The third-order valence-corrected chi connectivity index (χ3v) is 2.97. The summed E-state index contributed by atoms with van der Waals surface area (Å²) >= 11 is 0. The zero-order valence-electron chi connectivity index (χ0n) is 10.1. The summed E-state index contributed by atoms with van der Waals surface area (Å²) in [6, 6.07) is 9.55. The normalized spacial score (nSPS) is 15.8. The quantitative estimate of drug-likeness (QED) is 0.800. The number of aliphatic hydroxyl groups excluding tert-OH is 1. The molecule has 0 fully saturated rings. The van der Waals surface area contributed by atoms with E-state index in [1.54, 1.807) is 13.8 Å². The molecule has 0 radical (unpaired) electrons. The highest BCUT2D eigenvalue weighted by Gasteiger charge is 2.42. The molecular formula is C13H20O3. The Morgan fingerprint density at radius 3 is 2.12 bits per heavy atom. The van der Waals surface area contributed by atoms with Gasteiger partial charge in [-0.3, -0.25) is 0 Å². The molecule has 3 heteroatoms. The lowest BCUT2D eigenvalue weighted by Gasteiger charge is -2.40. The zero-order valence-corrected chi connectivity index (χ0v) is 10.1. The molecular weight excluding hydrogens is 204 g/mol. The monoisotopic (exact) mass is 224 g/mol. The molecule has 1 atom stereocenters. The van der Waals surface area contributed by atoms with Gasteiger partial charge in [0.1, 0.15) is 5.60 Å². The summed E-state index contributed by atoms with van der Waals surface area (Å²) < 4.78 is 5.63. The van der Waals surface area contributed by atoms with E-state index >= 15 is 0 Å². The van der Waals surface area contributed by atoms with Crippen LogP contribution in [0.3, 0.4) is 0 Å². The summed E-state index contributed by atoms with van der Waals surface area (Å²) in [5.74, 6) is 0. The lowest BCUT2D eigenvalue weighted by Crippen LogP contribution is -2.47. The summed E-state index contributed by atoms with van der Waals surface area (Å²) in [5.41, 5.74) is -0.948. The number of aliphatic hydroxyl groups is 2. The van der Waals surface area contributed by atoms with E-state index in [0.29, 0.717) is 0 Å². The maximum Gasteiger partial charge on any atom is 0.118 e. The predicted octanol–water partition coefficient (Wildman–Crippen LogP) is 1.68. The fraction of sp³-hybridized carbons (Fsp3) is 0.538. The van der Waals surface area contributed by atoms with Crippen LogP contribution in [-0.4, -0.2) is 29.0 Å². The topological polar surface area (TPSA) is 49.7 Å². The molecule has 0 heterocycles. The Hall–Kier alpha value is -0.900. The number of rotatable bonds is 5. The molecule has 0 aliphatic heterocycles. The van der Waals surface area contributed by atoms with Gasteiger partial charge < -0.3 is 14.9 Å². The van der Waals surface area contributed by atoms with E-state index in [2.05, 4.69) is 0 Å². The molecule has 0 bridgehead atoms. The number of hydrogen-bond donors (Lipinski definition) is 2. The minimum absolute atomic E-state index is 0.0570. The van der Waals surface area contributed by atoms with Gasteiger partial charge in [-0.05, 0) is 26.3 Å². The van der Waals surface area contributed by atoms with Crippen LogP contribution in [0.15, 0.2) is 30.3 Å². The second-order valence-electron chi connectivity index (χ2n) is 4.53. The van der Waals surface area contributed by atoms with Crippen molar-refractivity contribution in [2.24, 2.45) is 0 Å². The SMILES string of the molecule is CC(C)(O)C(C)(OCCO)c1ccccc1. The molecule has 0 amide bonds.